The van der Waals surface area contributed by atoms with Crippen LogP contribution in [-0.4, -0.2) is 31.1 Å². The summed E-state index contributed by atoms with van der Waals surface area (Å²) < 4.78 is 10.4. The first-order chi connectivity index (χ1) is 16.0. The molecule has 2 amide bonds. The molecule has 0 heterocycles. The first kappa shape index (κ1) is 23.5. The van der Waals surface area contributed by atoms with E-state index in [0.717, 1.165) is 5.56 Å². The van der Waals surface area contributed by atoms with Gasteiger partial charge in [0.25, 0.3) is 5.91 Å². The zero-order valence-electron chi connectivity index (χ0n) is 18.1. The van der Waals surface area contributed by atoms with Crippen LogP contribution >= 0.6 is 0 Å². The van der Waals surface area contributed by atoms with E-state index in [-0.39, 0.29) is 13.0 Å². The minimum absolute atomic E-state index is 0.0283. The molecule has 0 aliphatic carbocycles. The minimum Gasteiger partial charge on any atom is -0.497 e. The normalized spacial score (nSPS) is 12.2. The van der Waals surface area contributed by atoms with Crippen molar-refractivity contribution < 1.29 is 23.9 Å². The van der Waals surface area contributed by atoms with Gasteiger partial charge in [0.1, 0.15) is 12.4 Å². The highest BCUT2D eigenvalue weighted by Gasteiger charge is 2.33. The number of nitrogens with one attached hydrogen (secondary N) is 3. The third-order valence-corrected chi connectivity index (χ3v) is 4.82. The molecule has 1 unspecified atom stereocenters. The maximum atomic E-state index is 12.5. The minimum atomic E-state index is -1.66. The van der Waals surface area contributed by atoms with Gasteiger partial charge in [0.15, 0.2) is 11.9 Å². The lowest BCUT2D eigenvalue weighted by molar-refractivity contribution is -0.114. The number of hydrazine groups is 1. The number of carbonyl (C=O) groups is 3. The van der Waals surface area contributed by atoms with Gasteiger partial charge in [-0.1, -0.05) is 60.7 Å². The molecule has 0 aliphatic heterocycles. The predicted octanol–water partition coefficient (Wildman–Crippen LogP) is 2.99. The van der Waals surface area contributed by atoms with Gasteiger partial charge in [-0.05, 0) is 35.4 Å². The molecule has 3 rings (SSSR count). The fourth-order valence-electron chi connectivity index (χ4n) is 3.06. The number of amides is 2. The molecular formula is C25H25N3O5. The van der Waals surface area contributed by atoms with E-state index < -0.39 is 17.7 Å². The molecule has 0 saturated carbocycles. The maximum Gasteiger partial charge on any atom is 0.409 e. The Morgan fingerprint density at radius 2 is 1.52 bits per heavy atom. The standard InChI is InChI=1S/C25H25N3O5/c1-32-22-14-12-19(13-15-22)16-25(18-29,28-27-23(30)21-10-6-3-7-11-21)26-24(31)33-17-20-8-4-2-5-9-20/h2-15,18,28H,16-17H2,1H3,(H,26,31)(H,27,30). The fraction of sp³-hybridized carbons (Fsp3) is 0.160. The monoisotopic (exact) mass is 447 g/mol. The molecule has 0 aliphatic rings. The second kappa shape index (κ2) is 11.4. The molecule has 1 atom stereocenters. The van der Waals surface area contributed by atoms with Crippen molar-refractivity contribution in [2.75, 3.05) is 7.11 Å². The smallest absolute Gasteiger partial charge is 0.409 e. The van der Waals surface area contributed by atoms with Gasteiger partial charge in [0.2, 0.25) is 0 Å². The summed E-state index contributed by atoms with van der Waals surface area (Å²) in [5, 5.41) is 2.55. The van der Waals surface area contributed by atoms with Gasteiger partial charge in [0.05, 0.1) is 7.11 Å². The second-order valence-corrected chi connectivity index (χ2v) is 7.25. The SMILES string of the molecule is COc1ccc(CC(C=O)(NNC(=O)c2ccccc2)NC(=O)OCc2ccccc2)cc1. The Bertz CT molecular complexity index is 1060. The Morgan fingerprint density at radius 1 is 0.879 bits per heavy atom. The van der Waals surface area contributed by atoms with E-state index in [1.54, 1.807) is 61.7 Å². The molecule has 3 aromatic carbocycles. The summed E-state index contributed by atoms with van der Waals surface area (Å²) in [5.74, 6) is 0.187. The molecule has 170 valence electrons. The van der Waals surface area contributed by atoms with Crippen LogP contribution in [0, 0.1) is 0 Å². The summed E-state index contributed by atoms with van der Waals surface area (Å²) >= 11 is 0. The molecule has 0 aromatic heterocycles. The van der Waals surface area contributed by atoms with Crippen LogP contribution in [0.5, 0.6) is 5.75 Å². The molecule has 0 spiro atoms. The average Bonchev–Trinajstić information content (AvgIpc) is 2.87. The highest BCUT2D eigenvalue weighted by molar-refractivity contribution is 5.94. The molecular weight excluding hydrogens is 422 g/mol. The van der Waals surface area contributed by atoms with Crippen molar-refractivity contribution in [3.8, 4) is 5.75 Å². The number of benzene rings is 3. The largest absolute Gasteiger partial charge is 0.497 e. The molecule has 0 radical (unpaired) electrons. The van der Waals surface area contributed by atoms with Crippen LogP contribution in [0.3, 0.4) is 0 Å². The number of hydrogen-bond acceptors (Lipinski definition) is 6. The number of hydrogen-bond donors (Lipinski definition) is 3. The number of rotatable bonds is 10. The zero-order chi connectivity index (χ0) is 23.5. The summed E-state index contributed by atoms with van der Waals surface area (Å²) in [6.45, 7) is 0.0283. The van der Waals surface area contributed by atoms with E-state index >= 15 is 0 Å². The lowest BCUT2D eigenvalue weighted by atomic mass is 10.0. The van der Waals surface area contributed by atoms with Gasteiger partial charge in [-0.25, -0.2) is 10.2 Å². The molecule has 3 N–H and O–H groups in total. The summed E-state index contributed by atoms with van der Waals surface area (Å²) in [6, 6.07) is 24.6. The van der Waals surface area contributed by atoms with Gasteiger partial charge >= 0.3 is 6.09 Å². The van der Waals surface area contributed by atoms with Crippen LogP contribution in [0.2, 0.25) is 0 Å². The molecule has 33 heavy (non-hydrogen) atoms. The van der Waals surface area contributed by atoms with E-state index in [9.17, 15) is 14.4 Å². The van der Waals surface area contributed by atoms with E-state index in [1.807, 2.05) is 30.3 Å². The maximum absolute atomic E-state index is 12.5. The first-order valence-corrected chi connectivity index (χ1v) is 10.2. The van der Waals surface area contributed by atoms with Crippen LogP contribution in [0.1, 0.15) is 21.5 Å². The highest BCUT2D eigenvalue weighted by atomic mass is 16.5. The van der Waals surface area contributed by atoms with Gasteiger partial charge in [-0.2, -0.15) is 0 Å². The molecule has 3 aromatic rings. The van der Waals surface area contributed by atoms with Crippen molar-refractivity contribution in [3.63, 3.8) is 0 Å². The van der Waals surface area contributed by atoms with Crippen molar-refractivity contribution in [2.24, 2.45) is 0 Å². The Labute approximate surface area is 191 Å². The summed E-state index contributed by atoms with van der Waals surface area (Å²) in [6.07, 6.45) is -0.261. The van der Waals surface area contributed by atoms with Gasteiger partial charge < -0.3 is 9.47 Å². The number of ether oxygens (including phenoxy) is 2. The molecule has 0 saturated heterocycles. The quantitative estimate of drug-likeness (QED) is 0.251. The van der Waals surface area contributed by atoms with Crippen LogP contribution in [0.15, 0.2) is 84.9 Å². The van der Waals surface area contributed by atoms with E-state index in [4.69, 9.17) is 9.47 Å². The number of carbonyl (C=O) groups excluding carboxylic acids is 3. The summed E-state index contributed by atoms with van der Waals surface area (Å²) in [7, 11) is 1.55. The number of aldehydes is 1. The lowest BCUT2D eigenvalue weighted by Gasteiger charge is -2.30. The van der Waals surface area contributed by atoms with Gasteiger partial charge in [0, 0.05) is 12.0 Å². The van der Waals surface area contributed by atoms with Crippen molar-refractivity contribution in [1.29, 1.82) is 0 Å². The van der Waals surface area contributed by atoms with Crippen LogP contribution < -0.4 is 20.9 Å². The van der Waals surface area contributed by atoms with Crippen molar-refractivity contribution >= 4 is 18.3 Å². The summed E-state index contributed by atoms with van der Waals surface area (Å²) in [4.78, 5) is 37.2. The fourth-order valence-corrected chi connectivity index (χ4v) is 3.06. The summed E-state index contributed by atoms with van der Waals surface area (Å²) in [5.41, 5.74) is 5.42. The van der Waals surface area contributed by atoms with Crippen LogP contribution in [-0.2, 0) is 22.6 Å². The first-order valence-electron chi connectivity index (χ1n) is 10.2. The Kier molecular flexibility index (Phi) is 8.15. The third kappa shape index (κ3) is 6.91. The van der Waals surface area contributed by atoms with Crippen molar-refractivity contribution in [2.45, 2.75) is 18.7 Å². The highest BCUT2D eigenvalue weighted by Crippen LogP contribution is 2.15. The Morgan fingerprint density at radius 3 is 2.12 bits per heavy atom. The Balaban J connectivity index is 1.74. The number of methoxy groups -OCH3 is 1. The van der Waals surface area contributed by atoms with Crippen molar-refractivity contribution in [1.82, 2.24) is 16.2 Å². The van der Waals surface area contributed by atoms with E-state index in [0.29, 0.717) is 23.2 Å². The van der Waals surface area contributed by atoms with Crippen molar-refractivity contribution in [3.05, 3.63) is 102 Å². The van der Waals surface area contributed by atoms with E-state index in [2.05, 4.69) is 16.2 Å². The molecule has 8 heteroatoms. The van der Waals surface area contributed by atoms with Crippen LogP contribution in [0.25, 0.3) is 0 Å². The number of alkyl carbamates (subject to hydrolysis) is 1. The van der Waals surface area contributed by atoms with Gasteiger partial charge in [-0.3, -0.25) is 20.3 Å². The third-order valence-electron chi connectivity index (χ3n) is 4.82. The Hall–Kier alpha value is -4.17. The van der Waals surface area contributed by atoms with Crippen LogP contribution in [0.4, 0.5) is 4.79 Å². The lowest BCUT2D eigenvalue weighted by Crippen LogP contribution is -2.66. The predicted molar refractivity (Wildman–Crippen MR) is 122 cm³/mol. The molecule has 0 fully saturated rings. The molecule has 0 bridgehead atoms. The van der Waals surface area contributed by atoms with Gasteiger partial charge in [-0.15, -0.1) is 0 Å². The average molecular weight is 447 g/mol. The zero-order valence-corrected chi connectivity index (χ0v) is 18.1. The second-order valence-electron chi connectivity index (χ2n) is 7.25. The topological polar surface area (TPSA) is 106 Å². The van der Waals surface area contributed by atoms with E-state index in [1.165, 1.54) is 0 Å². The molecule has 8 nitrogen and oxygen atoms in total.